The maximum atomic E-state index is 9.18. The van der Waals surface area contributed by atoms with Crippen LogP contribution in [0.1, 0.15) is 20.3 Å². The number of hydrogen-bond acceptors (Lipinski definition) is 4. The molecular formula is C16H22N2O2. The summed E-state index contributed by atoms with van der Waals surface area (Å²) in [4.78, 5) is 4.44. The summed E-state index contributed by atoms with van der Waals surface area (Å²) in [7, 11) is 1.66. The zero-order chi connectivity index (χ0) is 14.5. The topological polar surface area (TPSA) is 54.4 Å². The number of hydrogen-bond donors (Lipinski definition) is 2. The van der Waals surface area contributed by atoms with Gasteiger partial charge in [0.15, 0.2) is 0 Å². The molecule has 1 heterocycles. The molecule has 0 aliphatic carbocycles. The van der Waals surface area contributed by atoms with E-state index < -0.39 is 0 Å². The fourth-order valence-corrected chi connectivity index (χ4v) is 2.28. The van der Waals surface area contributed by atoms with Crippen LogP contribution >= 0.6 is 0 Å². The van der Waals surface area contributed by atoms with Crippen LogP contribution < -0.4 is 10.1 Å². The zero-order valence-corrected chi connectivity index (χ0v) is 12.3. The minimum absolute atomic E-state index is 0.171. The Morgan fingerprint density at radius 3 is 2.75 bits per heavy atom. The highest BCUT2D eigenvalue weighted by Gasteiger charge is 2.14. The second kappa shape index (κ2) is 6.57. The molecule has 0 bridgehead atoms. The molecule has 4 heteroatoms. The maximum absolute atomic E-state index is 9.18. The number of rotatable bonds is 6. The van der Waals surface area contributed by atoms with E-state index >= 15 is 0 Å². The predicted molar refractivity (Wildman–Crippen MR) is 82.2 cm³/mol. The summed E-state index contributed by atoms with van der Waals surface area (Å²) in [5, 5.41) is 14.8. The van der Waals surface area contributed by atoms with Gasteiger partial charge in [-0.3, -0.25) is 0 Å². The third-order valence-electron chi connectivity index (χ3n) is 3.54. The van der Waals surface area contributed by atoms with E-state index in [-0.39, 0.29) is 12.6 Å². The first-order valence-corrected chi connectivity index (χ1v) is 6.96. The molecule has 1 aromatic heterocycles. The van der Waals surface area contributed by atoms with Crippen LogP contribution in [0.2, 0.25) is 0 Å². The van der Waals surface area contributed by atoms with Crippen molar-refractivity contribution < 1.29 is 9.84 Å². The molecule has 0 radical (unpaired) electrons. The molecule has 0 spiro atoms. The van der Waals surface area contributed by atoms with Crippen molar-refractivity contribution >= 4 is 16.6 Å². The van der Waals surface area contributed by atoms with Gasteiger partial charge in [-0.1, -0.05) is 19.9 Å². The van der Waals surface area contributed by atoms with Gasteiger partial charge in [0.1, 0.15) is 11.6 Å². The summed E-state index contributed by atoms with van der Waals surface area (Å²) >= 11 is 0. The van der Waals surface area contributed by atoms with E-state index in [9.17, 15) is 5.11 Å². The fraction of sp³-hybridized carbons (Fsp3) is 0.438. The molecule has 108 valence electrons. The number of fused-ring (bicyclic) bond motifs is 1. The molecule has 2 rings (SSSR count). The Morgan fingerprint density at radius 2 is 2.10 bits per heavy atom. The Labute approximate surface area is 119 Å². The SMILES string of the molecule is COc1ccc2ccnc(NC(CCO)C(C)C)c2c1. The molecule has 20 heavy (non-hydrogen) atoms. The summed E-state index contributed by atoms with van der Waals surface area (Å²) in [5.41, 5.74) is 0. The molecule has 0 aliphatic heterocycles. The number of ether oxygens (including phenoxy) is 1. The normalized spacial score (nSPS) is 12.7. The van der Waals surface area contributed by atoms with Crippen LogP contribution in [0.4, 0.5) is 5.82 Å². The lowest BCUT2D eigenvalue weighted by Crippen LogP contribution is -2.27. The third-order valence-corrected chi connectivity index (χ3v) is 3.54. The average Bonchev–Trinajstić information content (AvgIpc) is 2.46. The molecule has 1 unspecified atom stereocenters. The second-order valence-electron chi connectivity index (χ2n) is 5.25. The standard InChI is InChI=1S/C16H22N2O2/c1-11(2)15(7-9-19)18-16-14-10-13(20-3)5-4-12(14)6-8-17-16/h4-6,8,10-11,15,19H,7,9H2,1-3H3,(H,17,18). The number of aliphatic hydroxyl groups is 1. The monoisotopic (exact) mass is 274 g/mol. The van der Waals surface area contributed by atoms with Crippen molar-refractivity contribution in [3.63, 3.8) is 0 Å². The number of nitrogens with zero attached hydrogens (tertiary/aromatic N) is 1. The first-order chi connectivity index (χ1) is 9.65. The molecule has 0 saturated carbocycles. The van der Waals surface area contributed by atoms with Gasteiger partial charge < -0.3 is 15.2 Å². The molecule has 0 aliphatic rings. The van der Waals surface area contributed by atoms with E-state index in [0.717, 1.165) is 22.3 Å². The van der Waals surface area contributed by atoms with Crippen molar-refractivity contribution in [1.82, 2.24) is 4.98 Å². The van der Waals surface area contributed by atoms with Crippen LogP contribution in [0.25, 0.3) is 10.8 Å². The lowest BCUT2D eigenvalue weighted by Gasteiger charge is -2.23. The number of nitrogens with one attached hydrogen (secondary N) is 1. The Kier molecular flexibility index (Phi) is 4.79. The van der Waals surface area contributed by atoms with Crippen LogP contribution in [-0.2, 0) is 0 Å². The number of aromatic nitrogens is 1. The molecule has 2 aromatic rings. The van der Waals surface area contributed by atoms with Gasteiger partial charge in [0.2, 0.25) is 0 Å². The van der Waals surface area contributed by atoms with Crippen molar-refractivity contribution in [2.75, 3.05) is 19.0 Å². The third kappa shape index (κ3) is 3.20. The maximum Gasteiger partial charge on any atom is 0.134 e. The van der Waals surface area contributed by atoms with Crippen LogP contribution in [0.3, 0.4) is 0 Å². The average molecular weight is 274 g/mol. The van der Waals surface area contributed by atoms with Gasteiger partial charge in [-0.25, -0.2) is 4.98 Å². The number of pyridine rings is 1. The summed E-state index contributed by atoms with van der Waals surface area (Å²) in [6.07, 6.45) is 2.51. The van der Waals surface area contributed by atoms with Gasteiger partial charge in [-0.2, -0.15) is 0 Å². The zero-order valence-electron chi connectivity index (χ0n) is 12.3. The first-order valence-electron chi connectivity index (χ1n) is 6.96. The van der Waals surface area contributed by atoms with Gasteiger partial charge in [0, 0.05) is 24.2 Å². The van der Waals surface area contributed by atoms with Crippen molar-refractivity contribution in [2.45, 2.75) is 26.3 Å². The highest BCUT2D eigenvalue weighted by Crippen LogP contribution is 2.27. The van der Waals surface area contributed by atoms with Crippen LogP contribution in [0.15, 0.2) is 30.5 Å². The van der Waals surface area contributed by atoms with E-state index in [0.29, 0.717) is 12.3 Å². The molecule has 2 N–H and O–H groups in total. The molecule has 0 fully saturated rings. The molecule has 1 aromatic carbocycles. The van der Waals surface area contributed by atoms with Gasteiger partial charge in [0.25, 0.3) is 0 Å². The highest BCUT2D eigenvalue weighted by atomic mass is 16.5. The van der Waals surface area contributed by atoms with E-state index in [4.69, 9.17) is 4.74 Å². The van der Waals surface area contributed by atoms with Crippen molar-refractivity contribution in [1.29, 1.82) is 0 Å². The summed E-state index contributed by atoms with van der Waals surface area (Å²) in [6.45, 7) is 4.45. The number of methoxy groups -OCH3 is 1. The molecule has 1 atom stereocenters. The van der Waals surface area contributed by atoms with E-state index in [1.54, 1.807) is 13.3 Å². The summed E-state index contributed by atoms with van der Waals surface area (Å²) < 4.78 is 5.28. The fourth-order valence-electron chi connectivity index (χ4n) is 2.28. The van der Waals surface area contributed by atoms with Crippen LogP contribution in [0.5, 0.6) is 5.75 Å². The van der Waals surface area contributed by atoms with Crippen molar-refractivity contribution in [3.05, 3.63) is 30.5 Å². The quantitative estimate of drug-likeness (QED) is 0.850. The highest BCUT2D eigenvalue weighted by molar-refractivity contribution is 5.92. The van der Waals surface area contributed by atoms with Gasteiger partial charge in [-0.15, -0.1) is 0 Å². The van der Waals surface area contributed by atoms with Gasteiger partial charge >= 0.3 is 0 Å². The van der Waals surface area contributed by atoms with Crippen molar-refractivity contribution in [2.24, 2.45) is 5.92 Å². The molecule has 0 saturated heterocycles. The van der Waals surface area contributed by atoms with Gasteiger partial charge in [-0.05, 0) is 35.9 Å². The minimum atomic E-state index is 0.171. The predicted octanol–water partition coefficient (Wildman–Crippen LogP) is 3.06. The van der Waals surface area contributed by atoms with Crippen molar-refractivity contribution in [3.8, 4) is 5.75 Å². The molecule has 4 nitrogen and oxygen atoms in total. The van der Waals surface area contributed by atoms with E-state index in [1.165, 1.54) is 0 Å². The lowest BCUT2D eigenvalue weighted by atomic mass is 10.0. The summed E-state index contributed by atoms with van der Waals surface area (Å²) in [6, 6.07) is 8.14. The Bertz CT molecular complexity index is 569. The smallest absolute Gasteiger partial charge is 0.134 e. The lowest BCUT2D eigenvalue weighted by molar-refractivity contribution is 0.267. The Balaban J connectivity index is 2.37. The number of benzene rings is 1. The molecular weight excluding hydrogens is 252 g/mol. The Hall–Kier alpha value is -1.81. The first kappa shape index (κ1) is 14.6. The van der Waals surface area contributed by atoms with Crippen LogP contribution in [-0.4, -0.2) is 29.8 Å². The van der Waals surface area contributed by atoms with E-state index in [2.05, 4.69) is 24.1 Å². The van der Waals surface area contributed by atoms with E-state index in [1.807, 2.05) is 24.3 Å². The minimum Gasteiger partial charge on any atom is -0.497 e. The number of anilines is 1. The molecule has 0 amide bonds. The number of aliphatic hydroxyl groups excluding tert-OH is 1. The van der Waals surface area contributed by atoms with Gasteiger partial charge in [0.05, 0.1) is 7.11 Å². The second-order valence-corrected chi connectivity index (χ2v) is 5.25. The van der Waals surface area contributed by atoms with Crippen LogP contribution in [0, 0.1) is 5.92 Å². The largest absolute Gasteiger partial charge is 0.497 e. The summed E-state index contributed by atoms with van der Waals surface area (Å²) in [5.74, 6) is 2.08. The Morgan fingerprint density at radius 1 is 1.30 bits per heavy atom.